The molecule has 1 aliphatic carbocycles. The Bertz CT molecular complexity index is 968. The maximum atomic E-state index is 12.2. The summed E-state index contributed by atoms with van der Waals surface area (Å²) in [6, 6.07) is 0. The van der Waals surface area contributed by atoms with E-state index in [1.165, 1.54) is 0 Å². The van der Waals surface area contributed by atoms with E-state index in [0.717, 1.165) is 18.8 Å². The lowest BCUT2D eigenvalue weighted by Gasteiger charge is -2.25. The molecule has 3 rings (SSSR count). The number of aliphatic hydroxyl groups excluding tert-OH is 1. The molecule has 144 valence electrons. The minimum atomic E-state index is -0.649. The Morgan fingerprint density at radius 2 is 2.07 bits per heavy atom. The molecule has 0 spiro atoms. The third-order valence-electron chi connectivity index (χ3n) is 5.16. The van der Waals surface area contributed by atoms with Crippen LogP contribution in [-0.4, -0.2) is 38.6 Å². The Morgan fingerprint density at radius 3 is 2.67 bits per heavy atom. The molecule has 0 fully saturated rings. The molecule has 0 aliphatic heterocycles. The molecule has 1 atom stereocenters. The van der Waals surface area contributed by atoms with Crippen LogP contribution in [0.3, 0.4) is 0 Å². The van der Waals surface area contributed by atoms with Crippen molar-refractivity contribution in [2.45, 2.75) is 34.1 Å². The largest absolute Gasteiger partial charge is 0.508 e. The molecule has 2 aromatic rings. The van der Waals surface area contributed by atoms with Crippen LogP contribution in [0, 0.1) is 5.92 Å². The molecular formula is C19H26N6O2. The molecule has 1 amide bonds. The maximum Gasteiger partial charge on any atom is 0.254 e. The fourth-order valence-electron chi connectivity index (χ4n) is 3.68. The fraction of sp³-hybridized carbons (Fsp3) is 0.421. The quantitative estimate of drug-likeness (QED) is 0.743. The van der Waals surface area contributed by atoms with E-state index < -0.39 is 5.91 Å². The van der Waals surface area contributed by atoms with Gasteiger partial charge in [-0.2, -0.15) is 0 Å². The zero-order valence-corrected chi connectivity index (χ0v) is 16.2. The molecule has 0 aromatic carbocycles. The number of carbonyl (C=O) groups excluding carboxylic acids is 1. The van der Waals surface area contributed by atoms with E-state index in [2.05, 4.69) is 9.97 Å². The summed E-state index contributed by atoms with van der Waals surface area (Å²) in [6.45, 7) is 9.43. The smallest absolute Gasteiger partial charge is 0.254 e. The zero-order chi connectivity index (χ0) is 19.9. The van der Waals surface area contributed by atoms with Crippen LogP contribution in [0.5, 0.6) is 0 Å². The van der Waals surface area contributed by atoms with Crippen molar-refractivity contribution in [3.8, 4) is 0 Å². The van der Waals surface area contributed by atoms with Gasteiger partial charge in [-0.15, -0.1) is 0 Å². The number of amides is 1. The lowest BCUT2D eigenvalue weighted by atomic mass is 9.93. The monoisotopic (exact) mass is 370 g/mol. The average molecular weight is 370 g/mol. The number of aromatic nitrogens is 3. The second kappa shape index (κ2) is 6.94. The predicted molar refractivity (Wildman–Crippen MR) is 107 cm³/mol. The Hall–Kier alpha value is -3.03. The van der Waals surface area contributed by atoms with E-state index in [4.69, 9.17) is 11.5 Å². The van der Waals surface area contributed by atoms with E-state index in [9.17, 15) is 9.90 Å². The van der Waals surface area contributed by atoms with Gasteiger partial charge in [0.15, 0.2) is 5.65 Å². The van der Waals surface area contributed by atoms with Crippen LogP contribution in [0.1, 0.15) is 44.5 Å². The molecule has 1 aliphatic rings. The summed E-state index contributed by atoms with van der Waals surface area (Å²) in [5, 5.41) is 10.2. The first kappa shape index (κ1) is 18.8. The minimum Gasteiger partial charge on any atom is -0.508 e. The van der Waals surface area contributed by atoms with E-state index >= 15 is 0 Å². The van der Waals surface area contributed by atoms with Gasteiger partial charge in [-0.1, -0.05) is 6.92 Å². The van der Waals surface area contributed by atoms with Crippen molar-refractivity contribution < 1.29 is 9.90 Å². The van der Waals surface area contributed by atoms with Crippen LogP contribution < -0.4 is 16.4 Å². The molecule has 8 heteroatoms. The summed E-state index contributed by atoms with van der Waals surface area (Å²) >= 11 is 0. The van der Waals surface area contributed by atoms with Crippen LogP contribution in [-0.2, 0) is 0 Å². The van der Waals surface area contributed by atoms with Gasteiger partial charge in [0.05, 0.1) is 6.20 Å². The highest BCUT2D eigenvalue weighted by molar-refractivity contribution is 6.10. The van der Waals surface area contributed by atoms with E-state index in [0.29, 0.717) is 29.0 Å². The van der Waals surface area contributed by atoms with Crippen LogP contribution >= 0.6 is 0 Å². The second-order valence-corrected chi connectivity index (χ2v) is 6.77. The SMILES string of the molecule is CCN(CC)c1cnc2c(n1)c(C(N)=O)c(N)n2C1=C(C)C(O)=CC[C@H]1C. The lowest BCUT2D eigenvalue weighted by Crippen LogP contribution is -2.23. The maximum absolute atomic E-state index is 12.2. The first-order chi connectivity index (χ1) is 12.8. The summed E-state index contributed by atoms with van der Waals surface area (Å²) in [6.07, 6.45) is 4.12. The first-order valence-corrected chi connectivity index (χ1v) is 9.14. The molecule has 0 unspecified atom stereocenters. The van der Waals surface area contributed by atoms with E-state index in [1.807, 2.05) is 32.6 Å². The van der Waals surface area contributed by atoms with Crippen molar-refractivity contribution in [1.29, 1.82) is 0 Å². The number of allylic oxidation sites excluding steroid dienone is 3. The van der Waals surface area contributed by atoms with Gasteiger partial charge in [0, 0.05) is 30.3 Å². The van der Waals surface area contributed by atoms with E-state index in [-0.39, 0.29) is 23.1 Å². The molecule has 0 saturated carbocycles. The highest BCUT2D eigenvalue weighted by atomic mass is 16.3. The number of hydrogen-bond acceptors (Lipinski definition) is 6. The average Bonchev–Trinajstić information content (AvgIpc) is 2.91. The van der Waals surface area contributed by atoms with Crippen LogP contribution in [0.15, 0.2) is 23.6 Å². The summed E-state index contributed by atoms with van der Waals surface area (Å²) in [7, 11) is 0. The molecule has 5 N–H and O–H groups in total. The van der Waals surface area contributed by atoms with Gasteiger partial charge in [-0.3, -0.25) is 9.36 Å². The third kappa shape index (κ3) is 2.90. The van der Waals surface area contributed by atoms with Gasteiger partial charge >= 0.3 is 0 Å². The molecular weight excluding hydrogens is 344 g/mol. The van der Waals surface area contributed by atoms with Crippen LogP contribution in [0.2, 0.25) is 0 Å². The third-order valence-corrected chi connectivity index (χ3v) is 5.16. The Morgan fingerprint density at radius 1 is 1.41 bits per heavy atom. The van der Waals surface area contributed by atoms with E-state index in [1.54, 1.807) is 16.8 Å². The number of nitrogens with zero attached hydrogens (tertiary/aromatic N) is 4. The number of fused-ring (bicyclic) bond motifs is 1. The standard InChI is InChI=1S/C19H26N6O2/c1-5-24(6-2)13-9-22-19-15(23-13)14(18(21)27)17(20)25(19)16-10(3)7-8-12(26)11(16)4/h8-10,26H,5-7,20H2,1-4H3,(H2,21,27)/t10-/m1/s1. The Balaban J connectivity index is 2.35. The number of rotatable bonds is 5. The summed E-state index contributed by atoms with van der Waals surface area (Å²) < 4.78 is 1.71. The lowest BCUT2D eigenvalue weighted by molar-refractivity contribution is 0.100. The molecule has 2 heterocycles. The molecule has 0 saturated heterocycles. The second-order valence-electron chi connectivity index (χ2n) is 6.77. The van der Waals surface area contributed by atoms with Gasteiger partial charge in [0.1, 0.15) is 28.5 Å². The summed E-state index contributed by atoms with van der Waals surface area (Å²) in [5.74, 6) is 0.507. The number of nitrogens with two attached hydrogens (primary N) is 2. The molecule has 0 radical (unpaired) electrons. The number of anilines is 2. The Kier molecular flexibility index (Phi) is 4.82. The molecule has 8 nitrogen and oxygen atoms in total. The van der Waals surface area contributed by atoms with Crippen molar-refractivity contribution in [3.63, 3.8) is 0 Å². The normalized spacial score (nSPS) is 17.3. The fourth-order valence-corrected chi connectivity index (χ4v) is 3.68. The number of carbonyl (C=O) groups is 1. The van der Waals surface area contributed by atoms with Crippen molar-refractivity contribution >= 4 is 34.4 Å². The topological polar surface area (TPSA) is 123 Å². The van der Waals surface area contributed by atoms with Gasteiger partial charge in [0.25, 0.3) is 5.91 Å². The van der Waals surface area contributed by atoms with Crippen molar-refractivity contribution in [2.24, 2.45) is 11.7 Å². The minimum absolute atomic E-state index is 0.0868. The first-order valence-electron chi connectivity index (χ1n) is 9.14. The zero-order valence-electron chi connectivity index (χ0n) is 16.2. The number of nitrogen functional groups attached to an aromatic ring is 1. The van der Waals surface area contributed by atoms with Gasteiger partial charge in [-0.25, -0.2) is 9.97 Å². The van der Waals surface area contributed by atoms with Crippen LogP contribution in [0.25, 0.3) is 16.9 Å². The number of primary amides is 1. The molecule has 0 bridgehead atoms. The number of aliphatic hydroxyl groups is 1. The number of hydrogen-bond donors (Lipinski definition) is 3. The highest BCUT2D eigenvalue weighted by Gasteiger charge is 2.29. The summed E-state index contributed by atoms with van der Waals surface area (Å²) in [4.78, 5) is 23.4. The van der Waals surface area contributed by atoms with Gasteiger partial charge in [0.2, 0.25) is 0 Å². The highest BCUT2D eigenvalue weighted by Crippen LogP contribution is 2.38. The van der Waals surface area contributed by atoms with Gasteiger partial charge < -0.3 is 21.5 Å². The van der Waals surface area contributed by atoms with Gasteiger partial charge in [-0.05, 0) is 33.3 Å². The van der Waals surface area contributed by atoms with Crippen molar-refractivity contribution in [2.75, 3.05) is 23.7 Å². The Labute approximate surface area is 158 Å². The van der Waals surface area contributed by atoms with Crippen LogP contribution in [0.4, 0.5) is 11.6 Å². The molecule has 2 aromatic heterocycles. The summed E-state index contributed by atoms with van der Waals surface area (Å²) in [5.41, 5.74) is 14.5. The van der Waals surface area contributed by atoms with Crippen molar-refractivity contribution in [3.05, 3.63) is 29.2 Å². The predicted octanol–water partition coefficient (Wildman–Crippen LogP) is 2.67. The van der Waals surface area contributed by atoms with Crippen molar-refractivity contribution in [1.82, 2.24) is 14.5 Å². The molecule has 27 heavy (non-hydrogen) atoms.